The Hall–Kier alpha value is -3.30. The molecule has 6 heteroatoms. The Morgan fingerprint density at radius 3 is 2.88 bits per heavy atom. The van der Waals surface area contributed by atoms with Gasteiger partial charge in [-0.15, -0.1) is 0 Å². The minimum Gasteiger partial charge on any atom is -0.387 e. The van der Waals surface area contributed by atoms with Gasteiger partial charge in [-0.3, -0.25) is 5.21 Å². The van der Waals surface area contributed by atoms with Crippen molar-refractivity contribution >= 4 is 11.7 Å². The van der Waals surface area contributed by atoms with E-state index < -0.39 is 6.03 Å². The Morgan fingerprint density at radius 2 is 2.12 bits per heavy atom. The SMILES string of the molecule is CNC(=O)N(O)CC#Cc1cccc(C2=NOC(c3ccccc3)C2)c1. The van der Waals surface area contributed by atoms with Crippen LogP contribution in [0.2, 0.25) is 0 Å². The van der Waals surface area contributed by atoms with Gasteiger partial charge >= 0.3 is 6.03 Å². The second-order valence-corrected chi connectivity index (χ2v) is 5.74. The minimum atomic E-state index is -0.600. The number of carbonyl (C=O) groups excluding carboxylic acids is 1. The van der Waals surface area contributed by atoms with Crippen molar-refractivity contribution in [3.63, 3.8) is 0 Å². The number of urea groups is 1. The van der Waals surface area contributed by atoms with Gasteiger partial charge in [-0.1, -0.05) is 59.5 Å². The molecule has 0 radical (unpaired) electrons. The number of rotatable bonds is 3. The monoisotopic (exact) mass is 349 g/mol. The average Bonchev–Trinajstić information content (AvgIpc) is 3.18. The normalized spacial score (nSPS) is 15.3. The second-order valence-electron chi connectivity index (χ2n) is 5.74. The zero-order chi connectivity index (χ0) is 18.4. The van der Waals surface area contributed by atoms with Crippen LogP contribution in [0.5, 0.6) is 0 Å². The molecular formula is C20H19N3O3. The summed E-state index contributed by atoms with van der Waals surface area (Å²) in [5, 5.41) is 16.5. The lowest BCUT2D eigenvalue weighted by Gasteiger charge is -2.09. The van der Waals surface area contributed by atoms with Gasteiger partial charge in [0.15, 0.2) is 6.10 Å². The van der Waals surface area contributed by atoms with E-state index in [1.54, 1.807) is 0 Å². The van der Waals surface area contributed by atoms with Crippen LogP contribution >= 0.6 is 0 Å². The van der Waals surface area contributed by atoms with E-state index in [0.717, 1.165) is 22.4 Å². The van der Waals surface area contributed by atoms with Crippen molar-refractivity contribution in [1.82, 2.24) is 10.4 Å². The molecule has 2 N–H and O–H groups in total. The molecule has 1 unspecified atom stereocenters. The second kappa shape index (κ2) is 8.19. The molecule has 1 aliphatic heterocycles. The van der Waals surface area contributed by atoms with Gasteiger partial charge < -0.3 is 10.2 Å². The van der Waals surface area contributed by atoms with Crippen molar-refractivity contribution in [1.29, 1.82) is 0 Å². The number of nitrogens with zero attached hydrogens (tertiary/aromatic N) is 2. The highest BCUT2D eigenvalue weighted by Gasteiger charge is 2.23. The summed E-state index contributed by atoms with van der Waals surface area (Å²) in [5.74, 6) is 5.70. The van der Waals surface area contributed by atoms with E-state index in [1.165, 1.54) is 7.05 Å². The molecule has 0 aliphatic carbocycles. The van der Waals surface area contributed by atoms with Crippen LogP contribution in [0.4, 0.5) is 4.79 Å². The summed E-state index contributed by atoms with van der Waals surface area (Å²) in [6.45, 7) is -0.0793. The van der Waals surface area contributed by atoms with E-state index in [4.69, 9.17) is 4.84 Å². The molecule has 1 aliphatic rings. The number of amides is 2. The van der Waals surface area contributed by atoms with Crippen LogP contribution in [0.25, 0.3) is 0 Å². The number of carbonyl (C=O) groups is 1. The standard InChI is InChI=1S/C20H19N3O3/c1-21-20(24)23(25)12-6-8-15-7-5-11-17(13-15)18-14-19(26-22-18)16-9-3-2-4-10-16/h2-5,7,9-11,13,19,25H,12,14H2,1H3,(H,21,24). The highest BCUT2D eigenvalue weighted by molar-refractivity contribution is 6.01. The highest BCUT2D eigenvalue weighted by atomic mass is 16.6. The number of nitrogens with one attached hydrogen (secondary N) is 1. The van der Waals surface area contributed by atoms with Crippen LogP contribution in [0.3, 0.4) is 0 Å². The largest absolute Gasteiger partial charge is 0.387 e. The van der Waals surface area contributed by atoms with Crippen molar-refractivity contribution in [3.05, 3.63) is 71.3 Å². The topological polar surface area (TPSA) is 74.2 Å². The summed E-state index contributed by atoms with van der Waals surface area (Å²) in [5.41, 5.74) is 3.69. The molecule has 26 heavy (non-hydrogen) atoms. The third-order valence-corrected chi connectivity index (χ3v) is 3.95. The van der Waals surface area contributed by atoms with E-state index >= 15 is 0 Å². The first-order valence-corrected chi connectivity index (χ1v) is 8.22. The van der Waals surface area contributed by atoms with Crippen LogP contribution in [0.1, 0.15) is 29.2 Å². The molecule has 0 fully saturated rings. The van der Waals surface area contributed by atoms with E-state index in [9.17, 15) is 10.0 Å². The first kappa shape index (κ1) is 17.5. The third kappa shape index (κ3) is 4.21. The zero-order valence-corrected chi connectivity index (χ0v) is 14.3. The molecule has 0 spiro atoms. The Labute approximate surface area is 152 Å². The van der Waals surface area contributed by atoms with Crippen molar-refractivity contribution < 1.29 is 14.8 Å². The van der Waals surface area contributed by atoms with Gasteiger partial charge in [0, 0.05) is 24.6 Å². The molecule has 1 atom stereocenters. The lowest BCUT2D eigenvalue weighted by molar-refractivity contribution is -0.0301. The van der Waals surface area contributed by atoms with Gasteiger partial charge in [0.25, 0.3) is 0 Å². The highest BCUT2D eigenvalue weighted by Crippen LogP contribution is 2.29. The average molecular weight is 349 g/mol. The van der Waals surface area contributed by atoms with Crippen molar-refractivity contribution in [2.45, 2.75) is 12.5 Å². The Balaban J connectivity index is 1.66. The first-order chi connectivity index (χ1) is 12.7. The van der Waals surface area contributed by atoms with Gasteiger partial charge in [0.2, 0.25) is 0 Å². The van der Waals surface area contributed by atoms with E-state index in [1.807, 2.05) is 54.6 Å². The maximum Gasteiger partial charge on any atom is 0.341 e. The maximum absolute atomic E-state index is 11.2. The van der Waals surface area contributed by atoms with E-state index in [0.29, 0.717) is 11.5 Å². The summed E-state index contributed by atoms with van der Waals surface area (Å²) >= 11 is 0. The molecule has 2 aromatic carbocycles. The molecule has 2 amide bonds. The van der Waals surface area contributed by atoms with Crippen LogP contribution in [-0.2, 0) is 4.84 Å². The smallest absolute Gasteiger partial charge is 0.341 e. The van der Waals surface area contributed by atoms with Crippen LogP contribution in [0.15, 0.2) is 59.8 Å². The summed E-state index contributed by atoms with van der Waals surface area (Å²) in [6, 6.07) is 17.0. The van der Waals surface area contributed by atoms with Crippen LogP contribution < -0.4 is 5.32 Å². The van der Waals surface area contributed by atoms with Gasteiger partial charge in [-0.25, -0.2) is 4.79 Å². The maximum atomic E-state index is 11.2. The molecule has 6 nitrogen and oxygen atoms in total. The number of hydroxylamine groups is 2. The lowest BCUT2D eigenvalue weighted by atomic mass is 9.99. The fourth-order valence-electron chi connectivity index (χ4n) is 2.59. The first-order valence-electron chi connectivity index (χ1n) is 8.22. The Morgan fingerprint density at radius 1 is 1.31 bits per heavy atom. The molecule has 0 aromatic heterocycles. The van der Waals surface area contributed by atoms with Gasteiger partial charge in [0.05, 0.1) is 5.71 Å². The lowest BCUT2D eigenvalue weighted by Crippen LogP contribution is -2.35. The molecule has 1 heterocycles. The summed E-state index contributed by atoms with van der Waals surface area (Å²) in [7, 11) is 1.44. The summed E-state index contributed by atoms with van der Waals surface area (Å²) in [4.78, 5) is 16.8. The predicted molar refractivity (Wildman–Crippen MR) is 97.7 cm³/mol. The molecule has 3 rings (SSSR count). The molecule has 2 aromatic rings. The molecule has 132 valence electrons. The van der Waals surface area contributed by atoms with Crippen LogP contribution in [0, 0.1) is 11.8 Å². The summed E-state index contributed by atoms with van der Waals surface area (Å²) in [6.07, 6.45) is 0.624. The van der Waals surface area contributed by atoms with E-state index in [2.05, 4.69) is 22.3 Å². The number of hydrogen-bond donors (Lipinski definition) is 2. The van der Waals surface area contributed by atoms with Gasteiger partial charge in [-0.2, -0.15) is 5.06 Å². The summed E-state index contributed by atoms with van der Waals surface area (Å²) < 4.78 is 0. The number of oxime groups is 1. The Bertz CT molecular complexity index is 869. The number of benzene rings is 2. The zero-order valence-electron chi connectivity index (χ0n) is 14.3. The fraction of sp³-hybridized carbons (Fsp3) is 0.200. The predicted octanol–water partition coefficient (Wildman–Crippen LogP) is 2.93. The van der Waals surface area contributed by atoms with Gasteiger partial charge in [-0.05, 0) is 17.7 Å². The van der Waals surface area contributed by atoms with E-state index in [-0.39, 0.29) is 12.6 Å². The minimum absolute atomic E-state index is 0.0727. The molecule has 0 saturated heterocycles. The Kier molecular flexibility index (Phi) is 5.52. The quantitative estimate of drug-likeness (QED) is 0.508. The molecule has 0 saturated carbocycles. The van der Waals surface area contributed by atoms with Crippen molar-refractivity contribution in [2.24, 2.45) is 5.16 Å². The number of hydrogen-bond acceptors (Lipinski definition) is 4. The van der Waals surface area contributed by atoms with Crippen LogP contribution in [-0.4, -0.2) is 35.6 Å². The van der Waals surface area contributed by atoms with Gasteiger partial charge in [0.1, 0.15) is 6.54 Å². The fourth-order valence-corrected chi connectivity index (χ4v) is 2.59. The molecule has 0 bridgehead atoms. The third-order valence-electron chi connectivity index (χ3n) is 3.95. The van der Waals surface area contributed by atoms with Crippen molar-refractivity contribution in [2.75, 3.05) is 13.6 Å². The van der Waals surface area contributed by atoms with Crippen molar-refractivity contribution in [3.8, 4) is 11.8 Å². The molecular weight excluding hydrogens is 330 g/mol.